The molecule has 0 saturated carbocycles. The summed E-state index contributed by atoms with van der Waals surface area (Å²) in [6.07, 6.45) is -5.94. The lowest BCUT2D eigenvalue weighted by molar-refractivity contribution is -0.162. The zero-order chi connectivity index (χ0) is 17.2. The van der Waals surface area contributed by atoms with Crippen molar-refractivity contribution in [2.24, 2.45) is 0 Å². The number of alkyl halides is 3. The van der Waals surface area contributed by atoms with Gasteiger partial charge < -0.3 is 9.80 Å². The lowest BCUT2D eigenvalue weighted by Crippen LogP contribution is -2.51. The Kier molecular flexibility index (Phi) is 4.97. The molecule has 0 unspecified atom stereocenters. The lowest BCUT2D eigenvalue weighted by atomic mass is 10.1. The van der Waals surface area contributed by atoms with Crippen LogP contribution in [0.4, 0.5) is 13.2 Å². The molecule has 0 spiro atoms. The average molecular weight is 328 g/mol. The molecule has 23 heavy (non-hydrogen) atoms. The second-order valence-electron chi connectivity index (χ2n) is 5.84. The van der Waals surface area contributed by atoms with E-state index in [1.807, 2.05) is 19.9 Å². The highest BCUT2D eigenvalue weighted by molar-refractivity contribution is 5.94. The Bertz CT molecular complexity index is 586. The van der Waals surface area contributed by atoms with E-state index >= 15 is 0 Å². The fourth-order valence-corrected chi connectivity index (χ4v) is 2.72. The van der Waals surface area contributed by atoms with E-state index in [9.17, 15) is 22.8 Å². The molecule has 126 valence electrons. The van der Waals surface area contributed by atoms with Crippen LogP contribution in [0, 0.1) is 13.8 Å². The van der Waals surface area contributed by atoms with Crippen molar-refractivity contribution in [3.05, 3.63) is 34.9 Å². The number of piperazine rings is 1. The zero-order valence-corrected chi connectivity index (χ0v) is 13.1. The van der Waals surface area contributed by atoms with E-state index in [1.54, 1.807) is 17.0 Å². The van der Waals surface area contributed by atoms with Crippen LogP contribution in [0.25, 0.3) is 0 Å². The molecule has 7 heteroatoms. The molecule has 0 N–H and O–H groups in total. The molecular formula is C16H19F3N2O2. The van der Waals surface area contributed by atoms with Gasteiger partial charge >= 0.3 is 6.18 Å². The summed E-state index contributed by atoms with van der Waals surface area (Å²) >= 11 is 0. The van der Waals surface area contributed by atoms with Crippen molar-refractivity contribution in [2.45, 2.75) is 26.4 Å². The number of hydrogen-bond acceptors (Lipinski definition) is 2. The molecule has 1 aromatic carbocycles. The maximum atomic E-state index is 12.5. The standard InChI is InChI=1S/C16H19F3N2O2/c1-11-7-12(2)9-13(8-11)15(23)21-5-3-20(4-6-21)14(22)10-16(17,18)19/h7-9H,3-6,10H2,1-2H3. The first-order valence-electron chi connectivity index (χ1n) is 7.38. The molecule has 0 bridgehead atoms. The Labute approximate surface area is 132 Å². The Hall–Kier alpha value is -2.05. The first-order valence-corrected chi connectivity index (χ1v) is 7.38. The van der Waals surface area contributed by atoms with Crippen molar-refractivity contribution >= 4 is 11.8 Å². The molecule has 2 amide bonds. The number of carbonyl (C=O) groups excluding carboxylic acids is 2. The van der Waals surface area contributed by atoms with E-state index in [2.05, 4.69) is 0 Å². The van der Waals surface area contributed by atoms with Gasteiger partial charge in [-0.1, -0.05) is 17.2 Å². The zero-order valence-electron chi connectivity index (χ0n) is 13.1. The summed E-state index contributed by atoms with van der Waals surface area (Å²) < 4.78 is 36.8. The second kappa shape index (κ2) is 6.60. The van der Waals surface area contributed by atoms with Gasteiger partial charge in [0.05, 0.1) is 0 Å². The SMILES string of the molecule is Cc1cc(C)cc(C(=O)N2CCN(C(=O)CC(F)(F)F)CC2)c1. The minimum Gasteiger partial charge on any atom is -0.339 e. The minimum atomic E-state index is -4.50. The normalized spacial score (nSPS) is 15.7. The number of nitrogens with zero attached hydrogens (tertiary/aromatic N) is 2. The second-order valence-corrected chi connectivity index (χ2v) is 5.84. The molecule has 1 fully saturated rings. The van der Waals surface area contributed by atoms with Gasteiger partial charge in [0.2, 0.25) is 5.91 Å². The number of benzene rings is 1. The predicted molar refractivity (Wildman–Crippen MR) is 79.1 cm³/mol. The Morgan fingerprint density at radius 2 is 1.43 bits per heavy atom. The van der Waals surface area contributed by atoms with E-state index < -0.39 is 18.5 Å². The van der Waals surface area contributed by atoms with E-state index in [0.29, 0.717) is 5.56 Å². The van der Waals surface area contributed by atoms with E-state index in [-0.39, 0.29) is 32.1 Å². The quantitative estimate of drug-likeness (QED) is 0.837. The van der Waals surface area contributed by atoms with Crippen molar-refractivity contribution in [1.82, 2.24) is 9.80 Å². The third kappa shape index (κ3) is 4.71. The van der Waals surface area contributed by atoms with Crippen molar-refractivity contribution in [3.63, 3.8) is 0 Å². The summed E-state index contributed by atoms with van der Waals surface area (Å²) in [7, 11) is 0. The summed E-state index contributed by atoms with van der Waals surface area (Å²) in [6.45, 7) is 4.55. The van der Waals surface area contributed by atoms with Gasteiger partial charge in [0, 0.05) is 31.7 Å². The maximum Gasteiger partial charge on any atom is 0.397 e. The highest BCUT2D eigenvalue weighted by Crippen LogP contribution is 2.21. The molecular weight excluding hydrogens is 309 g/mol. The van der Waals surface area contributed by atoms with Crippen LogP contribution in [0.1, 0.15) is 27.9 Å². The number of aryl methyl sites for hydroxylation is 2. The van der Waals surface area contributed by atoms with Crippen LogP contribution in [0.3, 0.4) is 0 Å². The van der Waals surface area contributed by atoms with Gasteiger partial charge in [-0.15, -0.1) is 0 Å². The van der Waals surface area contributed by atoms with Crippen LogP contribution >= 0.6 is 0 Å². The Balaban J connectivity index is 1.96. The van der Waals surface area contributed by atoms with Gasteiger partial charge in [-0.3, -0.25) is 9.59 Å². The third-order valence-corrected chi connectivity index (χ3v) is 3.74. The summed E-state index contributed by atoms with van der Waals surface area (Å²) in [5, 5.41) is 0. The predicted octanol–water partition coefficient (Wildman–Crippen LogP) is 2.54. The topological polar surface area (TPSA) is 40.6 Å². The molecule has 0 atom stereocenters. The fraction of sp³-hybridized carbons (Fsp3) is 0.500. The first-order chi connectivity index (χ1) is 10.7. The van der Waals surface area contributed by atoms with Crippen LogP contribution < -0.4 is 0 Å². The van der Waals surface area contributed by atoms with Gasteiger partial charge in [-0.25, -0.2) is 0 Å². The number of rotatable bonds is 2. The number of halogens is 3. The van der Waals surface area contributed by atoms with Gasteiger partial charge in [-0.05, 0) is 26.0 Å². The van der Waals surface area contributed by atoms with Gasteiger partial charge in [-0.2, -0.15) is 13.2 Å². The average Bonchev–Trinajstić information content (AvgIpc) is 2.44. The molecule has 2 rings (SSSR count). The van der Waals surface area contributed by atoms with Gasteiger partial charge in [0.15, 0.2) is 0 Å². The summed E-state index contributed by atoms with van der Waals surface area (Å²) in [6, 6.07) is 5.54. The van der Waals surface area contributed by atoms with Crippen LogP contribution in [-0.4, -0.2) is 54.0 Å². The molecule has 1 aliphatic heterocycles. The highest BCUT2D eigenvalue weighted by atomic mass is 19.4. The Morgan fingerprint density at radius 1 is 0.957 bits per heavy atom. The van der Waals surface area contributed by atoms with Gasteiger partial charge in [0.25, 0.3) is 5.91 Å². The molecule has 0 radical (unpaired) electrons. The van der Waals surface area contributed by atoms with Crippen LogP contribution in [0.15, 0.2) is 18.2 Å². The number of hydrogen-bond donors (Lipinski definition) is 0. The summed E-state index contributed by atoms with van der Waals surface area (Å²) in [5.74, 6) is -1.09. The summed E-state index contributed by atoms with van der Waals surface area (Å²) in [4.78, 5) is 26.7. The smallest absolute Gasteiger partial charge is 0.339 e. The summed E-state index contributed by atoms with van der Waals surface area (Å²) in [5.41, 5.74) is 2.53. The third-order valence-electron chi connectivity index (χ3n) is 3.74. The number of carbonyl (C=O) groups is 2. The van der Waals surface area contributed by atoms with Crippen molar-refractivity contribution < 1.29 is 22.8 Å². The van der Waals surface area contributed by atoms with E-state index in [0.717, 1.165) is 11.1 Å². The van der Waals surface area contributed by atoms with Crippen molar-refractivity contribution in [3.8, 4) is 0 Å². The number of amides is 2. The Morgan fingerprint density at radius 3 is 1.91 bits per heavy atom. The lowest BCUT2D eigenvalue weighted by Gasteiger charge is -2.35. The van der Waals surface area contributed by atoms with Crippen LogP contribution in [0.5, 0.6) is 0 Å². The maximum absolute atomic E-state index is 12.5. The molecule has 0 aliphatic carbocycles. The van der Waals surface area contributed by atoms with Crippen LogP contribution in [-0.2, 0) is 4.79 Å². The minimum absolute atomic E-state index is 0.130. The fourth-order valence-electron chi connectivity index (χ4n) is 2.72. The van der Waals surface area contributed by atoms with Crippen LogP contribution in [0.2, 0.25) is 0 Å². The molecule has 0 aromatic heterocycles. The van der Waals surface area contributed by atoms with Gasteiger partial charge in [0.1, 0.15) is 6.42 Å². The van der Waals surface area contributed by atoms with Crippen molar-refractivity contribution in [1.29, 1.82) is 0 Å². The molecule has 1 aliphatic rings. The monoisotopic (exact) mass is 328 g/mol. The molecule has 1 aromatic rings. The van der Waals surface area contributed by atoms with E-state index in [4.69, 9.17) is 0 Å². The molecule has 1 saturated heterocycles. The van der Waals surface area contributed by atoms with E-state index in [1.165, 1.54) is 4.90 Å². The highest BCUT2D eigenvalue weighted by Gasteiger charge is 2.35. The first kappa shape index (κ1) is 17.3. The van der Waals surface area contributed by atoms with Crippen molar-refractivity contribution in [2.75, 3.05) is 26.2 Å². The largest absolute Gasteiger partial charge is 0.397 e. The molecule has 1 heterocycles. The molecule has 4 nitrogen and oxygen atoms in total.